The molecule has 0 bridgehead atoms. The van der Waals surface area contributed by atoms with E-state index in [-0.39, 0.29) is 12.4 Å². The first-order chi connectivity index (χ1) is 17.8. The van der Waals surface area contributed by atoms with Gasteiger partial charge in [0.05, 0.1) is 30.6 Å². The van der Waals surface area contributed by atoms with Crippen LogP contribution in [0.1, 0.15) is 17.4 Å². The van der Waals surface area contributed by atoms with Gasteiger partial charge in [-0.3, -0.25) is 4.57 Å². The van der Waals surface area contributed by atoms with E-state index in [9.17, 15) is 4.39 Å². The van der Waals surface area contributed by atoms with Crippen LogP contribution in [0.3, 0.4) is 0 Å². The SMILES string of the molecule is Fc1ccc2nc(C(COCc3ccccc3)Nc3ncnc4nc[nH]c34)n(-c3ccccc3)c2c1. The second-order valence-corrected chi connectivity index (χ2v) is 8.30. The predicted molar refractivity (Wildman–Crippen MR) is 135 cm³/mol. The van der Waals surface area contributed by atoms with E-state index in [1.165, 1.54) is 18.5 Å². The minimum atomic E-state index is -0.425. The summed E-state index contributed by atoms with van der Waals surface area (Å²) in [6.07, 6.45) is 3.04. The number of halogens is 1. The Morgan fingerprint density at radius 2 is 1.75 bits per heavy atom. The molecule has 2 N–H and O–H groups in total. The van der Waals surface area contributed by atoms with Gasteiger partial charge in [-0.2, -0.15) is 0 Å². The number of rotatable bonds is 8. The van der Waals surface area contributed by atoms with E-state index in [4.69, 9.17) is 9.72 Å². The zero-order chi connectivity index (χ0) is 24.3. The number of imidazole rings is 2. The Morgan fingerprint density at radius 3 is 2.58 bits per heavy atom. The topological polar surface area (TPSA) is 93.5 Å². The first kappa shape index (κ1) is 21.9. The lowest BCUT2D eigenvalue weighted by atomic mass is 10.2. The van der Waals surface area contributed by atoms with Gasteiger partial charge in [-0.25, -0.2) is 24.3 Å². The van der Waals surface area contributed by atoms with Gasteiger partial charge < -0.3 is 15.0 Å². The zero-order valence-electron chi connectivity index (χ0n) is 19.2. The van der Waals surface area contributed by atoms with Gasteiger partial charge in [0.15, 0.2) is 11.5 Å². The van der Waals surface area contributed by atoms with Crippen LogP contribution in [0.25, 0.3) is 27.9 Å². The van der Waals surface area contributed by atoms with Crippen LogP contribution in [0.5, 0.6) is 0 Å². The van der Waals surface area contributed by atoms with Crippen molar-refractivity contribution in [2.45, 2.75) is 12.6 Å². The Bertz CT molecular complexity index is 1620. The lowest BCUT2D eigenvalue weighted by Crippen LogP contribution is -2.22. The number of hydrogen-bond acceptors (Lipinski definition) is 6. The van der Waals surface area contributed by atoms with E-state index >= 15 is 0 Å². The monoisotopic (exact) mass is 479 g/mol. The van der Waals surface area contributed by atoms with Crippen molar-refractivity contribution in [3.63, 3.8) is 0 Å². The Morgan fingerprint density at radius 1 is 0.944 bits per heavy atom. The summed E-state index contributed by atoms with van der Waals surface area (Å²) in [5.41, 5.74) is 4.51. The summed E-state index contributed by atoms with van der Waals surface area (Å²) in [5.74, 6) is 0.913. The van der Waals surface area contributed by atoms with Gasteiger partial charge in [0.25, 0.3) is 0 Å². The van der Waals surface area contributed by atoms with Crippen LogP contribution in [-0.2, 0) is 11.3 Å². The van der Waals surface area contributed by atoms with Gasteiger partial charge in [-0.15, -0.1) is 0 Å². The number of anilines is 1. The molecule has 3 aromatic carbocycles. The summed E-state index contributed by atoms with van der Waals surface area (Å²) in [5, 5.41) is 3.47. The summed E-state index contributed by atoms with van der Waals surface area (Å²) >= 11 is 0. The highest BCUT2D eigenvalue weighted by atomic mass is 19.1. The minimum Gasteiger partial charge on any atom is -0.374 e. The van der Waals surface area contributed by atoms with E-state index in [1.807, 2.05) is 65.2 Å². The summed E-state index contributed by atoms with van der Waals surface area (Å²) in [7, 11) is 0. The smallest absolute Gasteiger partial charge is 0.182 e. The largest absolute Gasteiger partial charge is 0.374 e. The van der Waals surface area contributed by atoms with Gasteiger partial charge in [0, 0.05) is 11.8 Å². The maximum Gasteiger partial charge on any atom is 0.182 e. The highest BCUT2D eigenvalue weighted by Gasteiger charge is 2.24. The molecule has 6 aromatic rings. The molecule has 0 aliphatic heterocycles. The van der Waals surface area contributed by atoms with Gasteiger partial charge >= 0.3 is 0 Å². The van der Waals surface area contributed by atoms with Crippen LogP contribution in [0.4, 0.5) is 10.2 Å². The molecule has 8 nitrogen and oxygen atoms in total. The second-order valence-electron chi connectivity index (χ2n) is 8.30. The van der Waals surface area contributed by atoms with E-state index in [1.54, 1.807) is 12.4 Å². The number of aromatic nitrogens is 6. The third kappa shape index (κ3) is 4.27. The van der Waals surface area contributed by atoms with Crippen molar-refractivity contribution >= 4 is 28.0 Å². The van der Waals surface area contributed by atoms with E-state index in [2.05, 4.69) is 25.3 Å². The number of fused-ring (bicyclic) bond motifs is 2. The predicted octanol–water partition coefficient (Wildman–Crippen LogP) is 5.20. The molecule has 0 saturated carbocycles. The molecule has 0 amide bonds. The fraction of sp³-hybridized carbons (Fsp3) is 0.111. The molecule has 178 valence electrons. The Labute approximate surface area is 205 Å². The number of para-hydroxylation sites is 1. The highest BCUT2D eigenvalue weighted by molar-refractivity contribution is 5.82. The van der Waals surface area contributed by atoms with Crippen molar-refractivity contribution in [3.8, 4) is 5.69 Å². The number of aromatic amines is 1. The number of H-pyrrole nitrogens is 1. The lowest BCUT2D eigenvalue weighted by molar-refractivity contribution is 0.110. The fourth-order valence-electron chi connectivity index (χ4n) is 4.24. The number of benzene rings is 3. The molecule has 6 rings (SSSR count). The molecule has 3 heterocycles. The lowest BCUT2D eigenvalue weighted by Gasteiger charge is -2.21. The summed E-state index contributed by atoms with van der Waals surface area (Å²) in [6.45, 7) is 0.718. The second kappa shape index (κ2) is 9.55. The molecule has 9 heteroatoms. The first-order valence-electron chi connectivity index (χ1n) is 11.5. The maximum atomic E-state index is 14.3. The molecular weight excluding hydrogens is 457 g/mol. The van der Waals surface area contributed by atoms with E-state index < -0.39 is 6.04 Å². The van der Waals surface area contributed by atoms with Crippen LogP contribution < -0.4 is 5.32 Å². The number of nitrogens with zero attached hydrogens (tertiary/aromatic N) is 5. The van der Waals surface area contributed by atoms with Gasteiger partial charge in [0.2, 0.25) is 0 Å². The summed E-state index contributed by atoms with van der Waals surface area (Å²) in [6, 6.07) is 23.9. The Hall–Kier alpha value is -4.63. The van der Waals surface area contributed by atoms with Gasteiger partial charge in [0.1, 0.15) is 29.5 Å². The van der Waals surface area contributed by atoms with Crippen LogP contribution in [-0.4, -0.2) is 36.1 Å². The minimum absolute atomic E-state index is 0.285. The molecule has 0 fully saturated rings. The van der Waals surface area contributed by atoms with Crippen molar-refractivity contribution in [2.75, 3.05) is 11.9 Å². The Kier molecular flexibility index (Phi) is 5.80. The molecule has 0 aliphatic carbocycles. The molecule has 3 aromatic heterocycles. The maximum absolute atomic E-state index is 14.3. The average Bonchev–Trinajstić information content (AvgIpc) is 3.54. The molecule has 0 spiro atoms. The van der Waals surface area contributed by atoms with Crippen molar-refractivity contribution < 1.29 is 9.13 Å². The summed E-state index contributed by atoms with van der Waals surface area (Å²) in [4.78, 5) is 20.9. The molecule has 0 saturated heterocycles. The highest BCUT2D eigenvalue weighted by Crippen LogP contribution is 2.29. The van der Waals surface area contributed by atoms with Crippen molar-refractivity contribution in [1.29, 1.82) is 0 Å². The molecule has 1 unspecified atom stereocenters. The van der Waals surface area contributed by atoms with E-state index in [0.717, 1.165) is 11.3 Å². The van der Waals surface area contributed by atoms with Gasteiger partial charge in [-0.1, -0.05) is 48.5 Å². The molecule has 1 atom stereocenters. The van der Waals surface area contributed by atoms with Crippen molar-refractivity contribution in [3.05, 3.63) is 109 Å². The molecule has 0 radical (unpaired) electrons. The number of hydrogen-bond donors (Lipinski definition) is 2. The molecular formula is C27H22FN7O. The fourth-order valence-corrected chi connectivity index (χ4v) is 4.24. The van der Waals surface area contributed by atoms with Crippen molar-refractivity contribution in [2.24, 2.45) is 0 Å². The third-order valence-electron chi connectivity index (χ3n) is 5.90. The van der Waals surface area contributed by atoms with Gasteiger partial charge in [-0.05, 0) is 29.8 Å². The van der Waals surface area contributed by atoms with Crippen LogP contribution in [0, 0.1) is 5.82 Å². The normalized spacial score (nSPS) is 12.2. The first-order valence-corrected chi connectivity index (χ1v) is 11.5. The van der Waals surface area contributed by atoms with Crippen LogP contribution >= 0.6 is 0 Å². The zero-order valence-corrected chi connectivity index (χ0v) is 19.2. The molecule has 36 heavy (non-hydrogen) atoms. The number of nitrogens with one attached hydrogen (secondary N) is 2. The Balaban J connectivity index is 1.44. The summed E-state index contributed by atoms with van der Waals surface area (Å²) < 4.78 is 22.4. The standard InChI is InChI=1S/C27H22FN7O/c28-19-11-12-21-23(13-19)35(20-9-5-2-6-10-20)27(34-21)22(15-36-14-18-7-3-1-4-8-18)33-26-24-25(30-16-29-24)31-17-32-26/h1-13,16-17,22H,14-15H2,(H2,29,30,31,32,33). The average molecular weight is 480 g/mol. The van der Waals surface area contributed by atoms with E-state index in [0.29, 0.717) is 40.4 Å². The van der Waals surface area contributed by atoms with Crippen molar-refractivity contribution in [1.82, 2.24) is 29.5 Å². The molecule has 0 aliphatic rings. The van der Waals surface area contributed by atoms with Crippen LogP contribution in [0.15, 0.2) is 91.5 Å². The third-order valence-corrected chi connectivity index (χ3v) is 5.90. The van der Waals surface area contributed by atoms with Crippen LogP contribution in [0.2, 0.25) is 0 Å². The quantitative estimate of drug-likeness (QED) is 0.312. The number of ether oxygens (including phenoxy) is 1.